The number of fused-ring (bicyclic) bond motifs is 1. The molecule has 17 heavy (non-hydrogen) atoms. The third kappa shape index (κ3) is 2.89. The molecule has 1 atom stereocenters. The summed E-state index contributed by atoms with van der Waals surface area (Å²) in [7, 11) is 1.72. The number of ketones is 1. The molecule has 0 saturated heterocycles. The van der Waals surface area contributed by atoms with E-state index in [9.17, 15) is 9.90 Å². The lowest BCUT2D eigenvalue weighted by Gasteiger charge is -2.16. The highest BCUT2D eigenvalue weighted by Gasteiger charge is 2.18. The van der Waals surface area contributed by atoms with Crippen molar-refractivity contribution in [1.29, 1.82) is 0 Å². The van der Waals surface area contributed by atoms with Crippen molar-refractivity contribution < 1.29 is 9.90 Å². The summed E-state index contributed by atoms with van der Waals surface area (Å²) in [4.78, 5) is 13.2. The van der Waals surface area contributed by atoms with Gasteiger partial charge in [-0.05, 0) is 43.3 Å². The van der Waals surface area contributed by atoms with Crippen LogP contribution in [0, 0.1) is 0 Å². The smallest absolute Gasteiger partial charge is 0.192 e. The second-order valence-corrected chi connectivity index (χ2v) is 5.35. The third-order valence-corrected chi connectivity index (χ3v) is 4.10. The first-order chi connectivity index (χ1) is 8.22. The van der Waals surface area contributed by atoms with Crippen LogP contribution in [0.2, 0.25) is 0 Å². The predicted octanol–water partition coefficient (Wildman–Crippen LogP) is 1.49. The number of benzene rings is 1. The lowest BCUT2D eigenvalue weighted by Crippen LogP contribution is -2.31. The van der Waals surface area contributed by atoms with Gasteiger partial charge in [-0.25, -0.2) is 0 Å². The van der Waals surface area contributed by atoms with E-state index >= 15 is 0 Å². The van der Waals surface area contributed by atoms with Crippen LogP contribution >= 0.6 is 11.8 Å². The van der Waals surface area contributed by atoms with Gasteiger partial charge in [0.2, 0.25) is 0 Å². The molecule has 0 spiro atoms. The highest BCUT2D eigenvalue weighted by Crippen LogP contribution is 2.30. The van der Waals surface area contributed by atoms with Gasteiger partial charge in [0, 0.05) is 17.0 Å². The fourth-order valence-electron chi connectivity index (χ4n) is 1.99. The Morgan fingerprint density at radius 3 is 3.18 bits per heavy atom. The van der Waals surface area contributed by atoms with E-state index < -0.39 is 6.10 Å². The standard InChI is InChI=1S/C13H17NO2S/c1-14-8-11(15)13(16)10-4-5-12-9(7-10)3-2-6-17-12/h4-5,7,11,14-15H,2-3,6,8H2,1H3. The van der Waals surface area contributed by atoms with Crippen molar-refractivity contribution in [3.8, 4) is 0 Å². The van der Waals surface area contributed by atoms with Crippen LogP contribution in [0.3, 0.4) is 0 Å². The Labute approximate surface area is 106 Å². The topological polar surface area (TPSA) is 49.3 Å². The maximum absolute atomic E-state index is 11.9. The third-order valence-electron chi connectivity index (χ3n) is 2.89. The van der Waals surface area contributed by atoms with E-state index in [0.717, 1.165) is 18.6 Å². The van der Waals surface area contributed by atoms with Crippen LogP contribution in [0.1, 0.15) is 22.3 Å². The fraction of sp³-hybridized carbons (Fsp3) is 0.462. The molecule has 3 nitrogen and oxygen atoms in total. The summed E-state index contributed by atoms with van der Waals surface area (Å²) in [5, 5.41) is 12.5. The number of hydrogen-bond donors (Lipinski definition) is 2. The highest BCUT2D eigenvalue weighted by atomic mass is 32.2. The maximum Gasteiger partial charge on any atom is 0.192 e. The molecule has 1 aliphatic heterocycles. The van der Waals surface area contributed by atoms with E-state index in [1.807, 2.05) is 30.0 Å². The molecule has 1 aromatic carbocycles. The molecule has 1 heterocycles. The largest absolute Gasteiger partial charge is 0.384 e. The molecule has 0 fully saturated rings. The van der Waals surface area contributed by atoms with Crippen LogP contribution < -0.4 is 5.32 Å². The monoisotopic (exact) mass is 251 g/mol. The van der Waals surface area contributed by atoms with E-state index in [1.54, 1.807) is 7.05 Å². The Hall–Kier alpha value is -0.840. The molecule has 2 rings (SSSR count). The number of carbonyl (C=O) groups excluding carboxylic acids is 1. The second kappa shape index (κ2) is 5.67. The van der Waals surface area contributed by atoms with Crippen molar-refractivity contribution in [3.63, 3.8) is 0 Å². The van der Waals surface area contributed by atoms with Crippen molar-refractivity contribution in [2.75, 3.05) is 19.3 Å². The number of rotatable bonds is 4. The Morgan fingerprint density at radius 1 is 1.59 bits per heavy atom. The first-order valence-electron chi connectivity index (χ1n) is 5.85. The van der Waals surface area contributed by atoms with Gasteiger partial charge >= 0.3 is 0 Å². The number of carbonyl (C=O) groups is 1. The van der Waals surface area contributed by atoms with Gasteiger partial charge in [-0.15, -0.1) is 11.8 Å². The SMILES string of the molecule is CNCC(O)C(=O)c1ccc2c(c1)CCCS2. The summed E-state index contributed by atoms with van der Waals surface area (Å²) in [6.45, 7) is 0.296. The first kappa shape index (κ1) is 12.6. The molecule has 1 aromatic rings. The molecule has 2 N–H and O–H groups in total. The number of likely N-dealkylation sites (N-methyl/N-ethyl adjacent to an activating group) is 1. The number of nitrogens with one attached hydrogen (secondary N) is 1. The molecule has 0 saturated carbocycles. The van der Waals surface area contributed by atoms with Crippen molar-refractivity contribution in [2.24, 2.45) is 0 Å². The average Bonchev–Trinajstić information content (AvgIpc) is 2.37. The summed E-state index contributed by atoms with van der Waals surface area (Å²) >= 11 is 1.84. The Bertz CT molecular complexity index is 420. The van der Waals surface area contributed by atoms with Crippen molar-refractivity contribution in [1.82, 2.24) is 5.32 Å². The lowest BCUT2D eigenvalue weighted by molar-refractivity contribution is 0.0750. The Morgan fingerprint density at radius 2 is 2.41 bits per heavy atom. The van der Waals surface area contributed by atoms with Crippen LogP contribution in [0.5, 0.6) is 0 Å². The summed E-state index contributed by atoms with van der Waals surface area (Å²) < 4.78 is 0. The van der Waals surface area contributed by atoms with Gasteiger partial charge in [0.05, 0.1) is 0 Å². The minimum absolute atomic E-state index is 0.197. The molecule has 0 bridgehead atoms. The zero-order valence-corrected chi connectivity index (χ0v) is 10.7. The van der Waals surface area contributed by atoms with Gasteiger partial charge in [0.15, 0.2) is 5.78 Å². The molecule has 0 aromatic heterocycles. The number of thioether (sulfide) groups is 1. The number of Topliss-reactive ketones (excluding diaryl/α,β-unsaturated/α-hetero) is 1. The minimum Gasteiger partial charge on any atom is -0.384 e. The van der Waals surface area contributed by atoms with Crippen LogP contribution in [-0.4, -0.2) is 36.3 Å². The molecular formula is C13H17NO2S. The predicted molar refractivity (Wildman–Crippen MR) is 69.8 cm³/mol. The molecular weight excluding hydrogens is 234 g/mol. The summed E-state index contributed by atoms with van der Waals surface area (Å²) in [6.07, 6.45) is 1.24. The molecule has 0 radical (unpaired) electrons. The van der Waals surface area contributed by atoms with Crippen LogP contribution in [0.25, 0.3) is 0 Å². The zero-order valence-electron chi connectivity index (χ0n) is 9.90. The van der Waals surface area contributed by atoms with Crippen LogP contribution in [0.4, 0.5) is 0 Å². The molecule has 1 aliphatic rings. The Kier molecular flexibility index (Phi) is 4.20. The number of aliphatic hydroxyl groups excluding tert-OH is 1. The summed E-state index contributed by atoms with van der Waals surface area (Å²) in [6, 6.07) is 5.75. The number of aryl methyl sites for hydroxylation is 1. The van der Waals surface area contributed by atoms with Crippen molar-refractivity contribution >= 4 is 17.5 Å². The zero-order chi connectivity index (χ0) is 12.3. The summed E-state index contributed by atoms with van der Waals surface area (Å²) in [5.41, 5.74) is 1.86. The van der Waals surface area contributed by atoms with Gasteiger partial charge in [0.25, 0.3) is 0 Å². The first-order valence-corrected chi connectivity index (χ1v) is 6.83. The van der Waals surface area contributed by atoms with Crippen LogP contribution in [0.15, 0.2) is 23.1 Å². The van der Waals surface area contributed by atoms with Gasteiger partial charge in [-0.2, -0.15) is 0 Å². The van der Waals surface area contributed by atoms with Crippen molar-refractivity contribution in [3.05, 3.63) is 29.3 Å². The maximum atomic E-state index is 11.9. The van der Waals surface area contributed by atoms with Crippen LogP contribution in [-0.2, 0) is 6.42 Å². The van der Waals surface area contributed by atoms with E-state index in [0.29, 0.717) is 12.1 Å². The second-order valence-electron chi connectivity index (χ2n) is 4.21. The number of aliphatic hydroxyl groups is 1. The van der Waals surface area contributed by atoms with Crippen molar-refractivity contribution in [2.45, 2.75) is 23.8 Å². The highest BCUT2D eigenvalue weighted by molar-refractivity contribution is 7.99. The van der Waals surface area contributed by atoms with E-state index in [-0.39, 0.29) is 5.78 Å². The normalized spacial score (nSPS) is 16.4. The number of hydrogen-bond acceptors (Lipinski definition) is 4. The lowest BCUT2D eigenvalue weighted by atomic mass is 10.0. The molecule has 92 valence electrons. The molecule has 0 amide bonds. The van der Waals surface area contributed by atoms with E-state index in [1.165, 1.54) is 10.5 Å². The summed E-state index contributed by atoms with van der Waals surface area (Å²) in [5.74, 6) is 0.959. The Balaban J connectivity index is 2.19. The average molecular weight is 251 g/mol. The van der Waals surface area contributed by atoms with Gasteiger partial charge in [0.1, 0.15) is 6.10 Å². The van der Waals surface area contributed by atoms with Gasteiger partial charge in [-0.3, -0.25) is 4.79 Å². The molecule has 4 heteroatoms. The van der Waals surface area contributed by atoms with Gasteiger partial charge < -0.3 is 10.4 Å². The van der Waals surface area contributed by atoms with E-state index in [4.69, 9.17) is 0 Å². The van der Waals surface area contributed by atoms with E-state index in [2.05, 4.69) is 5.32 Å². The quantitative estimate of drug-likeness (QED) is 0.796. The molecule has 1 unspecified atom stereocenters. The molecule has 0 aliphatic carbocycles. The fourth-order valence-corrected chi connectivity index (χ4v) is 3.01. The minimum atomic E-state index is -0.950. The van der Waals surface area contributed by atoms with Gasteiger partial charge in [-0.1, -0.05) is 6.07 Å².